The largest absolute Gasteiger partial charge is 0.497 e. The van der Waals surface area contributed by atoms with E-state index in [1.54, 1.807) is 7.11 Å². The molecule has 2 aromatic rings. The Kier molecular flexibility index (Phi) is 2.30. The van der Waals surface area contributed by atoms with E-state index >= 15 is 0 Å². The summed E-state index contributed by atoms with van der Waals surface area (Å²) in [4.78, 5) is 4.19. The van der Waals surface area contributed by atoms with Crippen LogP contribution in [0.3, 0.4) is 0 Å². The number of rotatable bonds is 1. The summed E-state index contributed by atoms with van der Waals surface area (Å²) in [5.41, 5.74) is 0.924. The Morgan fingerprint density at radius 3 is 2.79 bits per heavy atom. The monoisotopic (exact) mass is 207 g/mol. The van der Waals surface area contributed by atoms with E-state index in [0.29, 0.717) is 5.15 Å². The lowest BCUT2D eigenvalue weighted by Gasteiger charge is -2.04. The van der Waals surface area contributed by atoms with Crippen LogP contribution in [-0.2, 0) is 0 Å². The molecule has 0 saturated heterocycles. The van der Waals surface area contributed by atoms with E-state index in [0.717, 1.165) is 22.2 Å². The number of methoxy groups -OCH3 is 1. The molecule has 0 amide bonds. The standard InChI is InChI=1S/C11H10ClNO/c1-7-5-8-3-4-9(14-2)6-10(8)11(12)13-7/h3-6H,1-2H3. The van der Waals surface area contributed by atoms with Crippen molar-refractivity contribution in [3.8, 4) is 5.75 Å². The molecule has 14 heavy (non-hydrogen) atoms. The van der Waals surface area contributed by atoms with Gasteiger partial charge in [-0.2, -0.15) is 0 Å². The maximum Gasteiger partial charge on any atom is 0.137 e. The van der Waals surface area contributed by atoms with Crippen LogP contribution >= 0.6 is 11.6 Å². The highest BCUT2D eigenvalue weighted by molar-refractivity contribution is 6.34. The minimum Gasteiger partial charge on any atom is -0.497 e. The summed E-state index contributed by atoms with van der Waals surface area (Å²) in [6, 6.07) is 7.79. The van der Waals surface area contributed by atoms with Crippen molar-refractivity contribution >= 4 is 22.4 Å². The fraction of sp³-hybridized carbons (Fsp3) is 0.182. The second-order valence-corrected chi connectivity index (χ2v) is 3.50. The van der Waals surface area contributed by atoms with Crippen molar-refractivity contribution in [2.45, 2.75) is 6.92 Å². The molecule has 0 atom stereocenters. The van der Waals surface area contributed by atoms with Gasteiger partial charge >= 0.3 is 0 Å². The Balaban J connectivity index is 2.75. The molecule has 0 bridgehead atoms. The molecular weight excluding hydrogens is 198 g/mol. The van der Waals surface area contributed by atoms with Crippen LogP contribution in [0.2, 0.25) is 5.15 Å². The van der Waals surface area contributed by atoms with E-state index in [1.165, 1.54) is 0 Å². The molecule has 0 unspecified atom stereocenters. The van der Waals surface area contributed by atoms with E-state index in [4.69, 9.17) is 16.3 Å². The van der Waals surface area contributed by atoms with Crippen molar-refractivity contribution in [3.63, 3.8) is 0 Å². The van der Waals surface area contributed by atoms with Gasteiger partial charge in [-0.1, -0.05) is 17.7 Å². The zero-order valence-electron chi connectivity index (χ0n) is 8.04. The maximum atomic E-state index is 6.02. The number of halogens is 1. The predicted octanol–water partition coefficient (Wildman–Crippen LogP) is 3.21. The molecule has 2 nitrogen and oxygen atoms in total. The molecule has 0 spiro atoms. The molecule has 1 heterocycles. The summed E-state index contributed by atoms with van der Waals surface area (Å²) < 4.78 is 5.12. The van der Waals surface area contributed by atoms with E-state index in [-0.39, 0.29) is 0 Å². The van der Waals surface area contributed by atoms with Crippen molar-refractivity contribution in [1.29, 1.82) is 0 Å². The van der Waals surface area contributed by atoms with Crippen molar-refractivity contribution in [1.82, 2.24) is 4.98 Å². The number of hydrogen-bond donors (Lipinski definition) is 0. The van der Waals surface area contributed by atoms with Gasteiger partial charge in [0.15, 0.2) is 0 Å². The normalized spacial score (nSPS) is 10.5. The molecule has 0 aliphatic carbocycles. The van der Waals surface area contributed by atoms with Gasteiger partial charge in [-0.15, -0.1) is 0 Å². The molecule has 1 aromatic heterocycles. The lowest BCUT2D eigenvalue weighted by atomic mass is 10.1. The molecule has 0 aliphatic heterocycles. The third-order valence-electron chi connectivity index (χ3n) is 2.12. The molecule has 0 fully saturated rings. The topological polar surface area (TPSA) is 22.1 Å². The molecule has 1 aromatic carbocycles. The van der Waals surface area contributed by atoms with Crippen LogP contribution in [0.15, 0.2) is 24.3 Å². The number of aromatic nitrogens is 1. The molecule has 0 N–H and O–H groups in total. The molecule has 72 valence electrons. The number of benzene rings is 1. The van der Waals surface area contributed by atoms with Crippen molar-refractivity contribution in [2.75, 3.05) is 7.11 Å². The van der Waals surface area contributed by atoms with Gasteiger partial charge in [0, 0.05) is 11.1 Å². The number of aryl methyl sites for hydroxylation is 1. The Hall–Kier alpha value is -1.28. The van der Waals surface area contributed by atoms with E-state index in [2.05, 4.69) is 4.98 Å². The minimum absolute atomic E-state index is 0.527. The first kappa shape index (κ1) is 9.28. The molecule has 3 heteroatoms. The Morgan fingerprint density at radius 1 is 1.29 bits per heavy atom. The smallest absolute Gasteiger partial charge is 0.137 e. The quantitative estimate of drug-likeness (QED) is 0.670. The lowest BCUT2D eigenvalue weighted by Crippen LogP contribution is -1.86. The SMILES string of the molecule is COc1ccc2cc(C)nc(Cl)c2c1. The first-order valence-corrected chi connectivity index (χ1v) is 4.69. The number of nitrogens with zero attached hydrogens (tertiary/aromatic N) is 1. The molecule has 2 rings (SSSR count). The van der Waals surface area contributed by atoms with E-state index in [9.17, 15) is 0 Å². The van der Waals surface area contributed by atoms with Crippen LogP contribution in [0.25, 0.3) is 10.8 Å². The first-order chi connectivity index (χ1) is 6.70. The van der Waals surface area contributed by atoms with Crippen LogP contribution in [0.5, 0.6) is 5.75 Å². The van der Waals surface area contributed by atoms with Crippen LogP contribution in [0, 0.1) is 6.92 Å². The number of ether oxygens (including phenoxy) is 1. The summed E-state index contributed by atoms with van der Waals surface area (Å²) >= 11 is 6.02. The zero-order chi connectivity index (χ0) is 10.1. The van der Waals surface area contributed by atoms with Crippen LogP contribution in [-0.4, -0.2) is 12.1 Å². The Bertz CT molecular complexity index is 482. The van der Waals surface area contributed by atoms with Gasteiger partial charge in [0.25, 0.3) is 0 Å². The number of pyridine rings is 1. The highest BCUT2D eigenvalue weighted by atomic mass is 35.5. The van der Waals surface area contributed by atoms with Crippen molar-refractivity contribution < 1.29 is 4.74 Å². The fourth-order valence-electron chi connectivity index (χ4n) is 1.44. The number of fused-ring (bicyclic) bond motifs is 1. The number of hydrogen-bond acceptors (Lipinski definition) is 2. The van der Waals surface area contributed by atoms with E-state index < -0.39 is 0 Å². The van der Waals surface area contributed by atoms with Crippen molar-refractivity contribution in [2.24, 2.45) is 0 Å². The second kappa shape index (κ2) is 3.46. The highest BCUT2D eigenvalue weighted by Gasteiger charge is 2.02. The Morgan fingerprint density at radius 2 is 2.07 bits per heavy atom. The molecule has 0 saturated carbocycles. The molecule has 0 radical (unpaired) electrons. The average Bonchev–Trinajstić information content (AvgIpc) is 2.17. The predicted molar refractivity (Wildman–Crippen MR) is 58.0 cm³/mol. The summed E-state index contributed by atoms with van der Waals surface area (Å²) in [6.45, 7) is 1.93. The van der Waals surface area contributed by atoms with Crippen LogP contribution in [0.1, 0.15) is 5.69 Å². The average molecular weight is 208 g/mol. The van der Waals surface area contributed by atoms with Gasteiger partial charge in [0.1, 0.15) is 10.9 Å². The minimum atomic E-state index is 0.527. The van der Waals surface area contributed by atoms with Gasteiger partial charge < -0.3 is 4.74 Å². The summed E-state index contributed by atoms with van der Waals surface area (Å²) in [5.74, 6) is 0.796. The van der Waals surface area contributed by atoms with Gasteiger partial charge in [-0.3, -0.25) is 0 Å². The summed E-state index contributed by atoms with van der Waals surface area (Å²) in [5, 5.41) is 2.54. The first-order valence-electron chi connectivity index (χ1n) is 4.31. The zero-order valence-corrected chi connectivity index (χ0v) is 8.80. The van der Waals surface area contributed by atoms with Gasteiger partial charge in [-0.05, 0) is 30.5 Å². The third-order valence-corrected chi connectivity index (χ3v) is 2.41. The summed E-state index contributed by atoms with van der Waals surface area (Å²) in [6.07, 6.45) is 0. The van der Waals surface area contributed by atoms with Crippen LogP contribution in [0.4, 0.5) is 0 Å². The highest BCUT2D eigenvalue weighted by Crippen LogP contribution is 2.26. The van der Waals surface area contributed by atoms with Gasteiger partial charge in [0.2, 0.25) is 0 Å². The van der Waals surface area contributed by atoms with E-state index in [1.807, 2.05) is 31.2 Å². The maximum absolute atomic E-state index is 6.02. The third kappa shape index (κ3) is 1.53. The summed E-state index contributed by atoms with van der Waals surface area (Å²) in [7, 11) is 1.64. The van der Waals surface area contributed by atoms with Crippen LogP contribution < -0.4 is 4.74 Å². The van der Waals surface area contributed by atoms with Gasteiger partial charge in [0.05, 0.1) is 7.11 Å². The molecular formula is C11H10ClNO. The van der Waals surface area contributed by atoms with Gasteiger partial charge in [-0.25, -0.2) is 4.98 Å². The second-order valence-electron chi connectivity index (χ2n) is 3.14. The lowest BCUT2D eigenvalue weighted by molar-refractivity contribution is 0.415. The van der Waals surface area contributed by atoms with Crippen molar-refractivity contribution in [3.05, 3.63) is 35.1 Å². The fourth-order valence-corrected chi connectivity index (χ4v) is 1.74. The Labute approximate surface area is 87.5 Å². The molecule has 0 aliphatic rings.